The summed E-state index contributed by atoms with van der Waals surface area (Å²) in [6.07, 6.45) is -0.190. The lowest BCUT2D eigenvalue weighted by Crippen LogP contribution is -2.01. The fourth-order valence-electron chi connectivity index (χ4n) is 1.72. The largest absolute Gasteiger partial charge is 0.508 e. The van der Waals surface area contributed by atoms with Gasteiger partial charge in [0.15, 0.2) is 0 Å². The Morgan fingerprint density at radius 2 is 2.22 bits per heavy atom. The molecule has 18 heavy (non-hydrogen) atoms. The summed E-state index contributed by atoms with van der Waals surface area (Å²) in [5, 5.41) is 13.3. The number of phenolic OH excluding ortho intramolecular Hbond substituents is 1. The summed E-state index contributed by atoms with van der Waals surface area (Å²) >= 11 is 0. The minimum atomic E-state index is -0.190. The van der Waals surface area contributed by atoms with Gasteiger partial charge in [-0.2, -0.15) is 4.98 Å². The van der Waals surface area contributed by atoms with Crippen molar-refractivity contribution >= 4 is 0 Å². The van der Waals surface area contributed by atoms with E-state index in [2.05, 4.69) is 10.1 Å². The van der Waals surface area contributed by atoms with E-state index in [4.69, 9.17) is 9.26 Å². The first-order valence-corrected chi connectivity index (χ1v) is 5.87. The van der Waals surface area contributed by atoms with E-state index in [1.807, 2.05) is 20.8 Å². The number of aromatic hydroxyl groups is 1. The molecule has 0 aliphatic heterocycles. The second-order valence-electron chi connectivity index (χ2n) is 4.05. The van der Waals surface area contributed by atoms with E-state index in [1.54, 1.807) is 18.2 Å². The third-order valence-corrected chi connectivity index (χ3v) is 2.66. The summed E-state index contributed by atoms with van der Waals surface area (Å²) in [7, 11) is 0. The Labute approximate surface area is 105 Å². The Bertz CT molecular complexity index is 537. The normalized spacial score (nSPS) is 12.6. The zero-order chi connectivity index (χ0) is 13.1. The van der Waals surface area contributed by atoms with Crippen molar-refractivity contribution in [2.45, 2.75) is 26.9 Å². The molecular formula is C13H16N2O3. The lowest BCUT2D eigenvalue weighted by Gasteiger charge is -2.05. The van der Waals surface area contributed by atoms with Gasteiger partial charge in [-0.05, 0) is 44.5 Å². The highest BCUT2D eigenvalue weighted by atomic mass is 16.5. The van der Waals surface area contributed by atoms with E-state index in [1.165, 1.54) is 0 Å². The number of nitrogens with zero attached hydrogens (tertiary/aromatic N) is 2. The van der Waals surface area contributed by atoms with Crippen LogP contribution in [-0.4, -0.2) is 21.9 Å². The Balaban J connectivity index is 2.29. The predicted molar refractivity (Wildman–Crippen MR) is 66.2 cm³/mol. The van der Waals surface area contributed by atoms with Gasteiger partial charge in [-0.1, -0.05) is 5.16 Å². The molecule has 0 bridgehead atoms. The fourth-order valence-corrected chi connectivity index (χ4v) is 1.72. The molecule has 1 heterocycles. The SMILES string of the molecule is CCOC(C)c1noc(-c2ccc(O)cc2C)n1. The van der Waals surface area contributed by atoms with Crippen molar-refractivity contribution < 1.29 is 14.4 Å². The second-order valence-corrected chi connectivity index (χ2v) is 4.05. The van der Waals surface area contributed by atoms with Crippen LogP contribution in [0.25, 0.3) is 11.5 Å². The lowest BCUT2D eigenvalue weighted by molar-refractivity contribution is 0.0683. The van der Waals surface area contributed by atoms with Crippen LogP contribution in [0.3, 0.4) is 0 Å². The fraction of sp³-hybridized carbons (Fsp3) is 0.385. The molecule has 0 aliphatic rings. The van der Waals surface area contributed by atoms with E-state index >= 15 is 0 Å². The van der Waals surface area contributed by atoms with E-state index in [0.717, 1.165) is 11.1 Å². The molecule has 1 unspecified atom stereocenters. The van der Waals surface area contributed by atoms with Gasteiger partial charge in [-0.25, -0.2) is 0 Å². The van der Waals surface area contributed by atoms with E-state index in [0.29, 0.717) is 18.3 Å². The van der Waals surface area contributed by atoms with Crippen molar-refractivity contribution in [2.75, 3.05) is 6.61 Å². The van der Waals surface area contributed by atoms with E-state index in [-0.39, 0.29) is 11.9 Å². The molecule has 0 spiro atoms. The molecule has 1 aromatic carbocycles. The molecular weight excluding hydrogens is 232 g/mol. The predicted octanol–water partition coefficient (Wildman–Crippen LogP) is 2.85. The Morgan fingerprint density at radius 3 is 2.89 bits per heavy atom. The Morgan fingerprint density at radius 1 is 1.44 bits per heavy atom. The molecule has 5 heteroatoms. The number of aryl methyl sites for hydroxylation is 1. The van der Waals surface area contributed by atoms with Gasteiger partial charge in [0.1, 0.15) is 11.9 Å². The highest BCUT2D eigenvalue weighted by Gasteiger charge is 2.16. The minimum absolute atomic E-state index is 0.190. The number of hydrogen-bond acceptors (Lipinski definition) is 5. The summed E-state index contributed by atoms with van der Waals surface area (Å²) in [6.45, 7) is 6.28. The average Bonchev–Trinajstić information content (AvgIpc) is 2.78. The number of hydrogen-bond donors (Lipinski definition) is 1. The zero-order valence-corrected chi connectivity index (χ0v) is 10.7. The monoisotopic (exact) mass is 248 g/mol. The van der Waals surface area contributed by atoms with Gasteiger partial charge in [0.25, 0.3) is 5.89 Å². The zero-order valence-electron chi connectivity index (χ0n) is 10.7. The van der Waals surface area contributed by atoms with Crippen molar-refractivity contribution in [3.63, 3.8) is 0 Å². The highest BCUT2D eigenvalue weighted by Crippen LogP contribution is 2.26. The molecule has 0 saturated heterocycles. The van der Waals surface area contributed by atoms with Crippen molar-refractivity contribution in [1.29, 1.82) is 0 Å². The number of rotatable bonds is 4. The van der Waals surface area contributed by atoms with Crippen molar-refractivity contribution in [3.8, 4) is 17.2 Å². The van der Waals surface area contributed by atoms with Gasteiger partial charge in [0.2, 0.25) is 5.82 Å². The maximum absolute atomic E-state index is 9.36. The first kappa shape index (κ1) is 12.6. The van der Waals surface area contributed by atoms with Crippen molar-refractivity contribution in [1.82, 2.24) is 10.1 Å². The van der Waals surface area contributed by atoms with Crippen LogP contribution in [0, 0.1) is 6.92 Å². The number of benzene rings is 1. The third-order valence-electron chi connectivity index (χ3n) is 2.66. The standard InChI is InChI=1S/C13H16N2O3/c1-4-17-9(3)12-14-13(18-15-12)11-6-5-10(16)7-8(11)2/h5-7,9,16H,4H2,1-3H3. The molecule has 1 N–H and O–H groups in total. The molecule has 5 nitrogen and oxygen atoms in total. The summed E-state index contributed by atoms with van der Waals surface area (Å²) < 4.78 is 10.6. The maximum atomic E-state index is 9.36. The first-order chi connectivity index (χ1) is 8.61. The molecule has 2 aromatic rings. The third kappa shape index (κ3) is 2.51. The van der Waals surface area contributed by atoms with Crippen LogP contribution in [0.1, 0.15) is 31.3 Å². The molecule has 1 atom stereocenters. The molecule has 0 amide bonds. The topological polar surface area (TPSA) is 68.4 Å². The number of aromatic nitrogens is 2. The van der Waals surface area contributed by atoms with Gasteiger partial charge in [0, 0.05) is 12.2 Å². The van der Waals surface area contributed by atoms with Crippen LogP contribution in [-0.2, 0) is 4.74 Å². The van der Waals surface area contributed by atoms with Crippen molar-refractivity contribution in [2.24, 2.45) is 0 Å². The average molecular weight is 248 g/mol. The maximum Gasteiger partial charge on any atom is 0.258 e. The summed E-state index contributed by atoms with van der Waals surface area (Å²) in [4.78, 5) is 4.31. The van der Waals surface area contributed by atoms with Crippen LogP contribution < -0.4 is 0 Å². The van der Waals surface area contributed by atoms with Crippen LogP contribution in [0.15, 0.2) is 22.7 Å². The van der Waals surface area contributed by atoms with Crippen LogP contribution in [0.2, 0.25) is 0 Å². The molecule has 0 saturated carbocycles. The van der Waals surface area contributed by atoms with E-state index < -0.39 is 0 Å². The van der Waals surface area contributed by atoms with Crippen LogP contribution in [0.4, 0.5) is 0 Å². The quantitative estimate of drug-likeness (QED) is 0.901. The molecule has 0 radical (unpaired) electrons. The molecule has 1 aromatic heterocycles. The molecule has 0 fully saturated rings. The first-order valence-electron chi connectivity index (χ1n) is 5.87. The molecule has 0 aliphatic carbocycles. The highest BCUT2D eigenvalue weighted by molar-refractivity contribution is 5.59. The van der Waals surface area contributed by atoms with Crippen LogP contribution in [0.5, 0.6) is 5.75 Å². The van der Waals surface area contributed by atoms with Gasteiger partial charge in [-0.3, -0.25) is 0 Å². The number of phenols is 1. The van der Waals surface area contributed by atoms with Gasteiger partial charge in [0.05, 0.1) is 0 Å². The second kappa shape index (κ2) is 5.18. The summed E-state index contributed by atoms with van der Waals surface area (Å²) in [6, 6.07) is 5.01. The van der Waals surface area contributed by atoms with Gasteiger partial charge >= 0.3 is 0 Å². The minimum Gasteiger partial charge on any atom is -0.508 e. The lowest BCUT2D eigenvalue weighted by atomic mass is 10.1. The smallest absolute Gasteiger partial charge is 0.258 e. The molecule has 2 rings (SSSR count). The number of ether oxygens (including phenoxy) is 1. The Kier molecular flexibility index (Phi) is 3.62. The summed E-state index contributed by atoms with van der Waals surface area (Å²) in [5.74, 6) is 1.19. The van der Waals surface area contributed by atoms with Gasteiger partial charge in [-0.15, -0.1) is 0 Å². The van der Waals surface area contributed by atoms with E-state index in [9.17, 15) is 5.11 Å². The van der Waals surface area contributed by atoms with Crippen molar-refractivity contribution in [3.05, 3.63) is 29.6 Å². The van der Waals surface area contributed by atoms with Crippen LogP contribution >= 0.6 is 0 Å². The summed E-state index contributed by atoms with van der Waals surface area (Å²) in [5.41, 5.74) is 1.70. The Hall–Kier alpha value is -1.88. The molecule has 96 valence electrons. The van der Waals surface area contributed by atoms with Gasteiger partial charge < -0.3 is 14.4 Å².